The van der Waals surface area contributed by atoms with Crippen molar-refractivity contribution < 1.29 is 22.7 Å². The Kier molecular flexibility index (Phi) is 4.76. The number of halogens is 5. The van der Waals surface area contributed by atoms with Crippen molar-refractivity contribution >= 4 is 35.5 Å². The monoisotopic (exact) mass is 406 g/mol. The number of aliphatic imine (C=N–C) groups is 1. The van der Waals surface area contributed by atoms with Crippen molar-refractivity contribution in [2.45, 2.75) is 12.8 Å². The number of alkyl halides is 3. The SMILES string of the molecule is COC(=O)C1=C2N=CN(C(F)(F)F)C=C2N(Cc2ccc(Cl)cc2Cl)N1. The Labute approximate surface area is 156 Å². The first-order valence-electron chi connectivity index (χ1n) is 7.13. The zero-order valence-electron chi connectivity index (χ0n) is 13.1. The van der Waals surface area contributed by atoms with Crippen molar-refractivity contribution in [3.8, 4) is 0 Å². The molecule has 0 aliphatic carbocycles. The van der Waals surface area contributed by atoms with Crippen LogP contribution in [0.3, 0.4) is 0 Å². The molecule has 0 bridgehead atoms. The molecule has 0 saturated carbocycles. The molecule has 1 aromatic carbocycles. The Balaban J connectivity index is 1.97. The van der Waals surface area contributed by atoms with Crippen LogP contribution in [-0.2, 0) is 16.1 Å². The smallest absolute Gasteiger partial charge is 0.464 e. The number of methoxy groups -OCH3 is 1. The lowest BCUT2D eigenvalue weighted by Gasteiger charge is -2.27. The third-order valence-corrected chi connectivity index (χ3v) is 4.20. The third-order valence-electron chi connectivity index (χ3n) is 3.62. The molecule has 3 rings (SSSR count). The Bertz CT molecular complexity index is 852. The molecule has 0 spiro atoms. The first-order valence-corrected chi connectivity index (χ1v) is 7.88. The number of benzene rings is 1. The van der Waals surface area contributed by atoms with E-state index < -0.39 is 12.3 Å². The highest BCUT2D eigenvalue weighted by atomic mass is 35.5. The Morgan fingerprint density at radius 1 is 1.35 bits per heavy atom. The summed E-state index contributed by atoms with van der Waals surface area (Å²) in [5, 5.41) is 2.08. The molecule has 1 N–H and O–H groups in total. The number of hydrogen-bond donors (Lipinski definition) is 1. The van der Waals surface area contributed by atoms with Crippen molar-refractivity contribution in [3.63, 3.8) is 0 Å². The van der Waals surface area contributed by atoms with E-state index in [2.05, 4.69) is 15.2 Å². The summed E-state index contributed by atoms with van der Waals surface area (Å²) < 4.78 is 43.6. The molecule has 0 aromatic heterocycles. The fourth-order valence-corrected chi connectivity index (χ4v) is 2.85. The highest BCUT2D eigenvalue weighted by molar-refractivity contribution is 6.35. The molecular weight excluding hydrogens is 396 g/mol. The van der Waals surface area contributed by atoms with Gasteiger partial charge in [-0.05, 0) is 17.7 Å². The average Bonchev–Trinajstić information content (AvgIpc) is 2.94. The van der Waals surface area contributed by atoms with E-state index in [1.165, 1.54) is 11.1 Å². The molecular formula is C15H11Cl2F3N4O2. The summed E-state index contributed by atoms with van der Waals surface area (Å²) in [7, 11) is 1.16. The zero-order chi connectivity index (χ0) is 19.1. The summed E-state index contributed by atoms with van der Waals surface area (Å²) in [6.45, 7) is 0.0625. The van der Waals surface area contributed by atoms with Crippen molar-refractivity contribution in [2.75, 3.05) is 7.11 Å². The van der Waals surface area contributed by atoms with E-state index in [-0.39, 0.29) is 28.5 Å². The number of fused-ring (bicyclic) bond motifs is 1. The van der Waals surface area contributed by atoms with Crippen LogP contribution in [0.2, 0.25) is 10.0 Å². The Morgan fingerprint density at radius 3 is 2.69 bits per heavy atom. The van der Waals surface area contributed by atoms with Gasteiger partial charge < -0.3 is 4.74 Å². The molecule has 11 heteroatoms. The summed E-state index contributed by atoms with van der Waals surface area (Å²) in [6.07, 6.45) is -3.24. The maximum absolute atomic E-state index is 13.0. The lowest BCUT2D eigenvalue weighted by Crippen LogP contribution is -2.37. The van der Waals surface area contributed by atoms with E-state index >= 15 is 0 Å². The number of hydrogen-bond acceptors (Lipinski definition) is 6. The molecule has 0 amide bonds. The first-order chi connectivity index (χ1) is 12.2. The topological polar surface area (TPSA) is 57.2 Å². The van der Waals surface area contributed by atoms with Gasteiger partial charge >= 0.3 is 12.3 Å². The summed E-state index contributed by atoms with van der Waals surface area (Å²) in [5.41, 5.74) is 3.33. The van der Waals surface area contributed by atoms with Gasteiger partial charge in [0, 0.05) is 16.2 Å². The first kappa shape index (κ1) is 18.4. The lowest BCUT2D eigenvalue weighted by molar-refractivity contribution is -0.200. The van der Waals surface area contributed by atoms with E-state index in [1.807, 2.05) is 0 Å². The fourth-order valence-electron chi connectivity index (χ4n) is 2.38. The predicted octanol–water partition coefficient (Wildman–Crippen LogP) is 3.40. The zero-order valence-corrected chi connectivity index (χ0v) is 14.7. The average molecular weight is 407 g/mol. The molecule has 2 aliphatic rings. The van der Waals surface area contributed by atoms with Crippen LogP contribution in [0.4, 0.5) is 13.2 Å². The fraction of sp³-hybridized carbons (Fsp3) is 0.200. The highest BCUT2D eigenvalue weighted by Crippen LogP contribution is 2.34. The summed E-state index contributed by atoms with van der Waals surface area (Å²) >= 11 is 12.0. The molecule has 138 valence electrons. The predicted molar refractivity (Wildman–Crippen MR) is 88.7 cm³/mol. The van der Waals surface area contributed by atoms with Crippen LogP contribution in [-0.4, -0.2) is 35.6 Å². The molecule has 0 saturated heterocycles. The molecule has 0 fully saturated rings. The number of carbonyl (C=O) groups is 1. The maximum atomic E-state index is 13.0. The van der Waals surface area contributed by atoms with Crippen LogP contribution in [0, 0.1) is 0 Å². The van der Waals surface area contributed by atoms with Gasteiger partial charge in [0.15, 0.2) is 5.70 Å². The van der Waals surface area contributed by atoms with Gasteiger partial charge in [0.1, 0.15) is 17.7 Å². The van der Waals surface area contributed by atoms with Crippen LogP contribution in [0.25, 0.3) is 0 Å². The number of hydrazine groups is 1. The maximum Gasteiger partial charge on any atom is 0.489 e. The van der Waals surface area contributed by atoms with Crippen molar-refractivity contribution in [2.24, 2.45) is 4.99 Å². The van der Waals surface area contributed by atoms with E-state index in [1.54, 1.807) is 12.1 Å². The summed E-state index contributed by atoms with van der Waals surface area (Å²) in [4.78, 5) is 15.6. The highest BCUT2D eigenvalue weighted by Gasteiger charge is 2.40. The minimum Gasteiger partial charge on any atom is -0.464 e. The largest absolute Gasteiger partial charge is 0.489 e. The number of esters is 1. The molecule has 2 aliphatic heterocycles. The molecule has 0 atom stereocenters. The molecule has 0 radical (unpaired) electrons. The van der Waals surface area contributed by atoms with Gasteiger partial charge in [-0.2, -0.15) is 0 Å². The van der Waals surface area contributed by atoms with Gasteiger partial charge in [-0.25, -0.2) is 14.7 Å². The van der Waals surface area contributed by atoms with Crippen LogP contribution in [0.15, 0.2) is 46.5 Å². The Morgan fingerprint density at radius 2 is 2.08 bits per heavy atom. The van der Waals surface area contributed by atoms with Gasteiger partial charge in [-0.1, -0.05) is 29.3 Å². The second-order valence-corrected chi connectivity index (χ2v) is 6.13. The van der Waals surface area contributed by atoms with Crippen molar-refractivity contribution in [1.82, 2.24) is 15.3 Å². The molecule has 6 nitrogen and oxygen atoms in total. The lowest BCUT2D eigenvalue weighted by atomic mass is 10.2. The summed E-state index contributed by atoms with van der Waals surface area (Å²) in [6, 6.07) is 4.75. The number of rotatable bonds is 3. The molecule has 2 heterocycles. The van der Waals surface area contributed by atoms with E-state index in [9.17, 15) is 18.0 Å². The molecule has 26 heavy (non-hydrogen) atoms. The van der Waals surface area contributed by atoms with E-state index in [0.29, 0.717) is 21.9 Å². The van der Waals surface area contributed by atoms with Crippen LogP contribution in [0.1, 0.15) is 5.56 Å². The standard InChI is InChI=1S/C15H11Cl2F3N4O2/c1-26-14(25)13-12-11(6-23(7-21-12)15(18,19)20)24(22-13)5-8-2-3-9(16)4-10(8)17/h2-4,6-7,22H,5H2,1H3. The van der Waals surface area contributed by atoms with Crippen LogP contribution in [0.5, 0.6) is 0 Å². The van der Waals surface area contributed by atoms with Crippen molar-refractivity contribution in [3.05, 3.63) is 57.1 Å². The number of ether oxygens (including phenoxy) is 1. The Hall–Kier alpha value is -2.39. The van der Waals surface area contributed by atoms with Crippen LogP contribution >= 0.6 is 23.2 Å². The quantitative estimate of drug-likeness (QED) is 0.615. The van der Waals surface area contributed by atoms with Gasteiger partial charge in [-0.15, -0.1) is 13.2 Å². The minimum absolute atomic E-state index is 0.00972. The van der Waals surface area contributed by atoms with E-state index in [4.69, 9.17) is 23.2 Å². The van der Waals surface area contributed by atoms with Gasteiger partial charge in [-0.3, -0.25) is 10.4 Å². The van der Waals surface area contributed by atoms with Gasteiger partial charge in [0.25, 0.3) is 0 Å². The summed E-state index contributed by atoms with van der Waals surface area (Å²) in [5.74, 6) is -0.756. The normalized spacial score (nSPS) is 16.5. The number of nitrogens with zero attached hydrogens (tertiary/aromatic N) is 3. The third kappa shape index (κ3) is 3.45. The molecule has 1 aromatic rings. The van der Waals surface area contributed by atoms with Gasteiger partial charge in [0.05, 0.1) is 13.7 Å². The number of carbonyl (C=O) groups excluding carboxylic acids is 1. The number of nitrogens with one attached hydrogen (secondary N) is 1. The second-order valence-electron chi connectivity index (χ2n) is 5.28. The van der Waals surface area contributed by atoms with Crippen molar-refractivity contribution in [1.29, 1.82) is 0 Å². The van der Waals surface area contributed by atoms with Crippen LogP contribution < -0.4 is 5.43 Å². The van der Waals surface area contributed by atoms with Gasteiger partial charge in [0.2, 0.25) is 0 Å². The molecule has 0 unspecified atom stereocenters. The minimum atomic E-state index is -4.65. The second kappa shape index (κ2) is 6.73. The van der Waals surface area contributed by atoms with E-state index in [0.717, 1.165) is 13.3 Å².